The number of benzene rings is 1. The van der Waals surface area contributed by atoms with E-state index >= 15 is 0 Å². The van der Waals surface area contributed by atoms with Gasteiger partial charge in [0.05, 0.1) is 29.2 Å². The zero-order chi connectivity index (χ0) is 26.5. The Morgan fingerprint density at radius 2 is 1.64 bits per heavy atom. The summed E-state index contributed by atoms with van der Waals surface area (Å²) in [6.45, 7) is 1.92. The number of hydrogen-bond acceptors (Lipinski definition) is 12. The zero-order valence-corrected chi connectivity index (χ0v) is 21.6. The molecule has 12 nitrogen and oxygen atoms in total. The number of nitrogens with one attached hydrogen (secondary N) is 3. The molecule has 7 N–H and O–H groups in total. The van der Waals surface area contributed by atoms with Crippen LogP contribution in [-0.2, 0) is 30.6 Å². The van der Waals surface area contributed by atoms with Gasteiger partial charge in [-0.1, -0.05) is 12.1 Å². The van der Waals surface area contributed by atoms with Crippen molar-refractivity contribution >= 4 is 9.84 Å². The molecule has 3 aliphatic rings. The van der Waals surface area contributed by atoms with Gasteiger partial charge in [0.15, 0.2) is 9.84 Å². The van der Waals surface area contributed by atoms with E-state index in [4.69, 9.17) is 14.2 Å². The summed E-state index contributed by atoms with van der Waals surface area (Å²) in [6.07, 6.45) is -4.88. The van der Waals surface area contributed by atoms with E-state index in [9.17, 15) is 28.8 Å². The molecule has 0 spiro atoms. The number of ether oxygens (including phenoxy) is 3. The van der Waals surface area contributed by atoms with Crippen molar-refractivity contribution in [3.63, 3.8) is 0 Å². The van der Waals surface area contributed by atoms with Crippen molar-refractivity contribution in [1.82, 2.24) is 16.0 Å². The van der Waals surface area contributed by atoms with E-state index in [1.165, 1.54) is 12.1 Å². The third-order valence-corrected chi connectivity index (χ3v) is 8.58. The smallest absolute Gasteiger partial charge is 0.249 e. The lowest BCUT2D eigenvalue weighted by Crippen LogP contribution is -2.81. The van der Waals surface area contributed by atoms with Crippen molar-refractivity contribution in [2.75, 3.05) is 26.9 Å². The van der Waals surface area contributed by atoms with E-state index in [2.05, 4.69) is 16.0 Å². The summed E-state index contributed by atoms with van der Waals surface area (Å²) >= 11 is 0. The SMILES string of the molecule is CN[C@@H]1[C@H](O)[C@H](NC)[C@H]2O[C@]3(O)[C@H](O[C@@H]2[C@H]1O)O[C@H](C)C[C@@]3(O)CNCc1ccc(S(C)(=O)=O)cc1. The molecule has 0 unspecified atom stereocenters. The Bertz CT molecular complexity index is 1030. The minimum atomic E-state index is -3.31. The molecule has 1 aliphatic carbocycles. The first-order valence-electron chi connectivity index (χ1n) is 12.0. The minimum Gasteiger partial charge on any atom is -0.390 e. The van der Waals surface area contributed by atoms with Crippen molar-refractivity contribution in [3.8, 4) is 0 Å². The largest absolute Gasteiger partial charge is 0.390 e. The van der Waals surface area contributed by atoms with Crippen molar-refractivity contribution in [3.05, 3.63) is 29.8 Å². The maximum absolute atomic E-state index is 11.7. The molecular weight excluding hydrogens is 494 g/mol. The topological polar surface area (TPSA) is 179 Å². The van der Waals surface area contributed by atoms with Gasteiger partial charge in [0.2, 0.25) is 12.1 Å². The highest BCUT2D eigenvalue weighted by atomic mass is 32.2. The van der Waals surface area contributed by atoms with E-state index < -0.39 is 70.1 Å². The predicted molar refractivity (Wildman–Crippen MR) is 128 cm³/mol. The highest BCUT2D eigenvalue weighted by molar-refractivity contribution is 7.90. The third-order valence-electron chi connectivity index (χ3n) is 7.45. The molecule has 2 saturated heterocycles. The summed E-state index contributed by atoms with van der Waals surface area (Å²) in [6, 6.07) is 4.93. The Morgan fingerprint density at radius 1 is 1.00 bits per heavy atom. The van der Waals surface area contributed by atoms with Crippen molar-refractivity contribution < 1.29 is 43.1 Å². The fraction of sp³-hybridized carbons (Fsp3) is 0.739. The Kier molecular flexibility index (Phi) is 7.84. The Hall–Kier alpha value is -1.23. The lowest BCUT2D eigenvalue weighted by atomic mass is 9.77. The van der Waals surface area contributed by atoms with Gasteiger partial charge in [-0.15, -0.1) is 0 Å². The molecule has 10 atom stereocenters. The Labute approximate surface area is 210 Å². The van der Waals surface area contributed by atoms with Gasteiger partial charge in [-0.2, -0.15) is 0 Å². The van der Waals surface area contributed by atoms with E-state index in [-0.39, 0.29) is 24.4 Å². The second-order valence-electron chi connectivity index (χ2n) is 10.0. The summed E-state index contributed by atoms with van der Waals surface area (Å²) in [5.41, 5.74) is -1.07. The van der Waals surface area contributed by atoms with Gasteiger partial charge in [-0.25, -0.2) is 8.42 Å². The molecule has 0 bridgehead atoms. The molecule has 0 radical (unpaired) electrons. The van der Waals surface area contributed by atoms with Crippen LogP contribution < -0.4 is 16.0 Å². The van der Waals surface area contributed by atoms with E-state index in [1.807, 2.05) is 0 Å². The van der Waals surface area contributed by atoms with Gasteiger partial charge < -0.3 is 50.6 Å². The molecule has 0 aromatic heterocycles. The van der Waals surface area contributed by atoms with Crippen LogP contribution in [-0.4, -0.2) is 116 Å². The van der Waals surface area contributed by atoms with Gasteiger partial charge in [-0.3, -0.25) is 0 Å². The molecular formula is C23H37N3O9S. The molecule has 2 heterocycles. The summed E-state index contributed by atoms with van der Waals surface area (Å²) < 4.78 is 41.2. The lowest BCUT2D eigenvalue weighted by Gasteiger charge is -2.60. The lowest BCUT2D eigenvalue weighted by molar-refractivity contribution is -0.482. The predicted octanol–water partition coefficient (Wildman–Crippen LogP) is -2.57. The number of fused-ring (bicyclic) bond motifs is 2. The molecule has 13 heteroatoms. The first-order chi connectivity index (χ1) is 16.8. The highest BCUT2D eigenvalue weighted by Gasteiger charge is 2.68. The number of sulfone groups is 1. The van der Waals surface area contributed by atoms with Gasteiger partial charge in [0, 0.05) is 25.8 Å². The minimum absolute atomic E-state index is 0.0230. The number of rotatable bonds is 7. The molecule has 3 fully saturated rings. The van der Waals surface area contributed by atoms with Crippen LogP contribution >= 0.6 is 0 Å². The van der Waals surface area contributed by atoms with Crippen LogP contribution in [0.3, 0.4) is 0 Å². The molecule has 0 amide bonds. The average Bonchev–Trinajstić information content (AvgIpc) is 2.80. The zero-order valence-electron chi connectivity index (χ0n) is 20.8. The van der Waals surface area contributed by atoms with Crippen LogP contribution in [0.5, 0.6) is 0 Å². The maximum atomic E-state index is 11.7. The summed E-state index contributed by atoms with van der Waals surface area (Å²) in [5, 5.41) is 53.9. The summed E-state index contributed by atoms with van der Waals surface area (Å²) in [4.78, 5) is 0.207. The maximum Gasteiger partial charge on any atom is 0.249 e. The van der Waals surface area contributed by atoms with Crippen molar-refractivity contribution in [1.29, 1.82) is 0 Å². The fourth-order valence-electron chi connectivity index (χ4n) is 5.50. The Balaban J connectivity index is 1.53. The van der Waals surface area contributed by atoms with Crippen LogP contribution in [0.2, 0.25) is 0 Å². The number of hydrogen-bond donors (Lipinski definition) is 7. The standard InChI is InChI=1S/C23H37N3O9S/c1-12-9-22(29,11-26-10-13-5-7-14(8-6-13)36(4,31)32)23(30)21(33-12)34-20-18(28)15(24-2)17(27)16(25-3)19(20)35-23/h5-8,12,15-21,24-30H,9-11H2,1-4H3/t12-,15-,16+,17+,18+,19-,20-,21+,22-,23-/m1/s1. The van der Waals surface area contributed by atoms with Crippen LogP contribution in [0.1, 0.15) is 18.9 Å². The number of aliphatic hydroxyl groups excluding tert-OH is 2. The van der Waals surface area contributed by atoms with E-state index in [1.54, 1.807) is 33.2 Å². The second-order valence-corrected chi connectivity index (χ2v) is 12.0. The monoisotopic (exact) mass is 531 g/mol. The molecule has 2 aliphatic heterocycles. The molecule has 36 heavy (non-hydrogen) atoms. The first-order valence-corrected chi connectivity index (χ1v) is 13.9. The van der Waals surface area contributed by atoms with Crippen LogP contribution in [0.15, 0.2) is 29.2 Å². The van der Waals surface area contributed by atoms with Crippen molar-refractivity contribution in [2.24, 2.45) is 0 Å². The molecule has 1 aromatic rings. The van der Waals surface area contributed by atoms with Crippen LogP contribution in [0.25, 0.3) is 0 Å². The third kappa shape index (κ3) is 4.83. The van der Waals surface area contributed by atoms with Crippen LogP contribution in [0.4, 0.5) is 0 Å². The van der Waals surface area contributed by atoms with E-state index in [0.717, 1.165) is 11.8 Å². The fourth-order valence-corrected chi connectivity index (χ4v) is 6.13. The van der Waals surface area contributed by atoms with Crippen molar-refractivity contribution in [2.45, 2.75) is 85.1 Å². The van der Waals surface area contributed by atoms with Crippen LogP contribution in [0, 0.1) is 0 Å². The quantitative estimate of drug-likeness (QED) is 0.196. The average molecular weight is 532 g/mol. The Morgan fingerprint density at radius 3 is 2.22 bits per heavy atom. The summed E-state index contributed by atoms with van der Waals surface area (Å²) in [7, 11) is -0.0711. The molecule has 1 aromatic carbocycles. The normalized spacial score (nSPS) is 43.0. The first kappa shape index (κ1) is 27.8. The number of likely N-dealkylation sites (N-methyl/N-ethyl adjacent to an activating group) is 2. The number of aliphatic hydroxyl groups is 4. The van der Waals surface area contributed by atoms with Gasteiger partial charge >= 0.3 is 0 Å². The van der Waals surface area contributed by atoms with Gasteiger partial charge in [-0.05, 0) is 38.7 Å². The van der Waals surface area contributed by atoms with Gasteiger partial charge in [0.25, 0.3) is 0 Å². The summed E-state index contributed by atoms with van der Waals surface area (Å²) in [5.74, 6) is -2.30. The van der Waals surface area contributed by atoms with E-state index in [0.29, 0.717) is 0 Å². The molecule has 204 valence electrons. The molecule has 4 rings (SSSR count). The van der Waals surface area contributed by atoms with Gasteiger partial charge in [0.1, 0.15) is 23.9 Å². The second kappa shape index (κ2) is 10.2. The highest BCUT2D eigenvalue weighted by Crippen LogP contribution is 2.46. The molecule has 1 saturated carbocycles.